The summed E-state index contributed by atoms with van der Waals surface area (Å²) < 4.78 is 0. The van der Waals surface area contributed by atoms with Gasteiger partial charge >= 0.3 is 0 Å². The van der Waals surface area contributed by atoms with Gasteiger partial charge in [0.25, 0.3) is 0 Å². The zero-order valence-corrected chi connectivity index (χ0v) is 8.69. The van der Waals surface area contributed by atoms with Crippen LogP contribution in [0.5, 0.6) is 0 Å². The van der Waals surface area contributed by atoms with Gasteiger partial charge in [-0.25, -0.2) is 0 Å². The highest BCUT2D eigenvalue weighted by molar-refractivity contribution is 6.27. The predicted molar refractivity (Wildman–Crippen MR) is 58.9 cm³/mol. The monoisotopic (exact) mass is 220 g/mol. The molecule has 1 atom stereocenters. The summed E-state index contributed by atoms with van der Waals surface area (Å²) in [5.74, 6) is 0. The van der Waals surface area contributed by atoms with E-state index < -0.39 is 5.38 Å². The highest BCUT2D eigenvalue weighted by Crippen LogP contribution is 2.13. The molecule has 3 nitrogen and oxygen atoms in total. The topological polar surface area (TPSA) is 42.9 Å². The minimum Gasteiger partial charge on any atom is -0.302 e. The molecule has 0 aliphatic heterocycles. The van der Waals surface area contributed by atoms with Crippen molar-refractivity contribution >= 4 is 28.9 Å². The lowest BCUT2D eigenvalue weighted by atomic mass is 10.1. The Morgan fingerprint density at radius 3 is 2.73 bits per heavy atom. The van der Waals surface area contributed by atoms with Crippen molar-refractivity contribution in [1.29, 1.82) is 0 Å². The molecule has 1 aromatic heterocycles. The van der Waals surface area contributed by atoms with Crippen LogP contribution in [0.1, 0.15) is 5.56 Å². The third-order valence-corrected chi connectivity index (χ3v) is 2.37. The largest absolute Gasteiger partial charge is 0.302 e. The van der Waals surface area contributed by atoms with E-state index in [9.17, 15) is 4.79 Å². The molecule has 0 aliphatic rings. The van der Waals surface area contributed by atoms with E-state index in [1.807, 2.05) is 18.2 Å². The number of benzene rings is 1. The van der Waals surface area contributed by atoms with Gasteiger partial charge in [0, 0.05) is 12.4 Å². The number of carbonyl (C=O) groups excluding carboxylic acids is 1. The summed E-state index contributed by atoms with van der Waals surface area (Å²) in [4.78, 5) is 18.8. The van der Waals surface area contributed by atoms with Crippen LogP contribution in [-0.4, -0.2) is 21.6 Å². The molecular formula is C11H9ClN2O. The van der Waals surface area contributed by atoms with Crippen molar-refractivity contribution < 1.29 is 4.79 Å². The molecule has 0 saturated carbocycles. The fourth-order valence-electron chi connectivity index (χ4n) is 1.41. The van der Waals surface area contributed by atoms with Crippen LogP contribution in [0.4, 0.5) is 0 Å². The molecule has 0 spiro atoms. The van der Waals surface area contributed by atoms with E-state index in [1.165, 1.54) is 0 Å². The van der Waals surface area contributed by atoms with E-state index in [2.05, 4.69) is 9.97 Å². The molecule has 76 valence electrons. The zero-order chi connectivity index (χ0) is 10.7. The van der Waals surface area contributed by atoms with Gasteiger partial charge in [-0.1, -0.05) is 6.07 Å². The molecule has 2 aromatic rings. The van der Waals surface area contributed by atoms with Crippen LogP contribution in [0.15, 0.2) is 30.6 Å². The van der Waals surface area contributed by atoms with Crippen LogP contribution in [0.2, 0.25) is 0 Å². The number of nitrogens with zero attached hydrogens (tertiary/aromatic N) is 2. The number of carbonyl (C=O) groups is 1. The number of alkyl halides is 1. The molecule has 1 heterocycles. The van der Waals surface area contributed by atoms with Crippen molar-refractivity contribution in [3.63, 3.8) is 0 Å². The first-order valence-corrected chi connectivity index (χ1v) is 5.02. The van der Waals surface area contributed by atoms with E-state index in [4.69, 9.17) is 11.6 Å². The summed E-state index contributed by atoms with van der Waals surface area (Å²) >= 11 is 5.75. The van der Waals surface area contributed by atoms with Crippen LogP contribution in [0, 0.1) is 0 Å². The van der Waals surface area contributed by atoms with Crippen LogP contribution in [0.3, 0.4) is 0 Å². The molecule has 0 N–H and O–H groups in total. The third-order valence-electron chi connectivity index (χ3n) is 2.11. The Bertz CT molecular complexity index is 487. The lowest BCUT2D eigenvalue weighted by Crippen LogP contribution is -2.04. The average molecular weight is 221 g/mol. The predicted octanol–water partition coefficient (Wildman–Crippen LogP) is 1.98. The Morgan fingerprint density at radius 2 is 2.00 bits per heavy atom. The van der Waals surface area contributed by atoms with E-state index in [-0.39, 0.29) is 0 Å². The van der Waals surface area contributed by atoms with Gasteiger partial charge in [0.1, 0.15) is 6.29 Å². The molecule has 4 heteroatoms. The molecule has 0 aliphatic carbocycles. The second-order valence-electron chi connectivity index (χ2n) is 3.24. The first-order chi connectivity index (χ1) is 7.29. The molecule has 0 bridgehead atoms. The Morgan fingerprint density at radius 1 is 1.27 bits per heavy atom. The van der Waals surface area contributed by atoms with Crippen LogP contribution >= 0.6 is 11.6 Å². The highest BCUT2D eigenvalue weighted by atomic mass is 35.5. The van der Waals surface area contributed by atoms with Crippen LogP contribution in [0.25, 0.3) is 11.0 Å². The molecule has 0 radical (unpaired) electrons. The summed E-state index contributed by atoms with van der Waals surface area (Å²) in [5, 5.41) is -0.473. The highest BCUT2D eigenvalue weighted by Gasteiger charge is 2.05. The number of aldehydes is 1. The molecule has 0 amide bonds. The quantitative estimate of drug-likeness (QED) is 0.587. The van der Waals surface area contributed by atoms with E-state index in [0.717, 1.165) is 22.9 Å². The van der Waals surface area contributed by atoms with E-state index in [1.54, 1.807) is 12.4 Å². The van der Waals surface area contributed by atoms with Crippen LogP contribution < -0.4 is 0 Å². The van der Waals surface area contributed by atoms with E-state index >= 15 is 0 Å². The molecule has 0 saturated heterocycles. The van der Waals surface area contributed by atoms with Crippen LogP contribution in [-0.2, 0) is 11.2 Å². The second kappa shape index (κ2) is 4.36. The first-order valence-electron chi connectivity index (χ1n) is 4.58. The standard InChI is InChI=1S/C11H9ClN2O/c12-9(7-15)5-8-1-2-10-11(6-8)14-4-3-13-10/h1-4,6-7,9H,5H2. The van der Waals surface area contributed by atoms with Crippen molar-refractivity contribution in [2.75, 3.05) is 0 Å². The fourth-order valence-corrected chi connectivity index (χ4v) is 1.59. The SMILES string of the molecule is O=CC(Cl)Cc1ccc2nccnc2c1. The van der Waals surface area contributed by atoms with Crippen molar-refractivity contribution in [1.82, 2.24) is 9.97 Å². The maximum atomic E-state index is 10.4. The molecule has 0 fully saturated rings. The summed E-state index contributed by atoms with van der Waals surface area (Å²) in [6, 6.07) is 5.70. The van der Waals surface area contributed by atoms with Gasteiger partial charge in [0.15, 0.2) is 0 Å². The molecule has 1 unspecified atom stereocenters. The summed E-state index contributed by atoms with van der Waals surface area (Å²) in [6.07, 6.45) is 4.56. The van der Waals surface area contributed by atoms with E-state index in [0.29, 0.717) is 6.42 Å². The first kappa shape index (κ1) is 10.1. The van der Waals surface area contributed by atoms with Crippen molar-refractivity contribution in [2.24, 2.45) is 0 Å². The molecule has 1 aromatic carbocycles. The fraction of sp³-hybridized carbons (Fsp3) is 0.182. The Kier molecular flexibility index (Phi) is 2.92. The number of halogens is 1. The van der Waals surface area contributed by atoms with Gasteiger partial charge in [0.2, 0.25) is 0 Å². The number of fused-ring (bicyclic) bond motifs is 1. The molecule has 2 rings (SSSR count). The van der Waals surface area contributed by atoms with Gasteiger partial charge in [-0.15, -0.1) is 11.6 Å². The Balaban J connectivity index is 2.34. The maximum absolute atomic E-state index is 10.4. The van der Waals surface area contributed by atoms with Gasteiger partial charge < -0.3 is 4.79 Å². The summed E-state index contributed by atoms with van der Waals surface area (Å²) in [7, 11) is 0. The number of rotatable bonds is 3. The summed E-state index contributed by atoms with van der Waals surface area (Å²) in [6.45, 7) is 0. The minimum atomic E-state index is -0.473. The number of hydrogen-bond donors (Lipinski definition) is 0. The second-order valence-corrected chi connectivity index (χ2v) is 3.80. The number of hydrogen-bond acceptors (Lipinski definition) is 3. The zero-order valence-electron chi connectivity index (χ0n) is 7.93. The van der Waals surface area contributed by atoms with Gasteiger partial charge in [-0.3, -0.25) is 9.97 Å². The summed E-state index contributed by atoms with van der Waals surface area (Å²) in [5.41, 5.74) is 2.67. The average Bonchev–Trinajstić information content (AvgIpc) is 2.29. The molecular weight excluding hydrogens is 212 g/mol. The van der Waals surface area contributed by atoms with Gasteiger partial charge in [-0.2, -0.15) is 0 Å². The van der Waals surface area contributed by atoms with Crippen molar-refractivity contribution in [3.8, 4) is 0 Å². The van der Waals surface area contributed by atoms with Gasteiger partial charge in [-0.05, 0) is 24.1 Å². The van der Waals surface area contributed by atoms with Crippen molar-refractivity contribution in [3.05, 3.63) is 36.2 Å². The lowest BCUT2D eigenvalue weighted by Gasteiger charge is -2.03. The third kappa shape index (κ3) is 2.30. The normalized spacial score (nSPS) is 12.6. The Labute approximate surface area is 92.1 Å². The smallest absolute Gasteiger partial charge is 0.138 e. The molecule has 15 heavy (non-hydrogen) atoms. The lowest BCUT2D eigenvalue weighted by molar-refractivity contribution is -0.107. The Hall–Kier alpha value is -1.48. The van der Waals surface area contributed by atoms with Gasteiger partial charge in [0.05, 0.1) is 16.4 Å². The number of aromatic nitrogens is 2. The minimum absolute atomic E-state index is 0.473. The maximum Gasteiger partial charge on any atom is 0.138 e. The van der Waals surface area contributed by atoms with Crippen molar-refractivity contribution in [2.45, 2.75) is 11.8 Å².